The van der Waals surface area contributed by atoms with E-state index in [4.69, 9.17) is 10.5 Å². The molecule has 110 valence electrons. The Kier molecular flexibility index (Phi) is 4.37. The molecule has 0 aliphatic heterocycles. The van der Waals surface area contributed by atoms with Crippen LogP contribution in [0.1, 0.15) is 5.56 Å². The van der Waals surface area contributed by atoms with Gasteiger partial charge in [0.25, 0.3) is 5.69 Å². The molecule has 0 saturated carbocycles. The van der Waals surface area contributed by atoms with Gasteiger partial charge in [0.2, 0.25) is 5.82 Å². The number of nitro benzene ring substituents is 1. The molecule has 0 atom stereocenters. The average Bonchev–Trinajstić information content (AvgIpc) is 2.42. The first-order valence-electron chi connectivity index (χ1n) is 5.69. The molecule has 21 heavy (non-hydrogen) atoms. The lowest BCUT2D eigenvalue weighted by molar-refractivity contribution is -0.384. The summed E-state index contributed by atoms with van der Waals surface area (Å²) in [6, 6.07) is 6.41. The van der Waals surface area contributed by atoms with Gasteiger partial charge in [0.05, 0.1) is 4.92 Å². The van der Waals surface area contributed by atoms with Crippen LogP contribution in [0.25, 0.3) is 0 Å². The van der Waals surface area contributed by atoms with Crippen molar-refractivity contribution in [1.29, 1.82) is 0 Å². The minimum atomic E-state index is -1.14. The lowest BCUT2D eigenvalue weighted by Crippen LogP contribution is -2.04. The monoisotopic (exact) mass is 358 g/mol. The Morgan fingerprint density at radius 2 is 2.05 bits per heavy atom. The van der Waals surface area contributed by atoms with Crippen LogP contribution < -0.4 is 10.5 Å². The topological polar surface area (TPSA) is 78.4 Å². The minimum absolute atomic E-state index is 0.0709. The van der Waals surface area contributed by atoms with Gasteiger partial charge in [-0.05, 0) is 12.1 Å². The largest absolute Gasteiger partial charge is 0.486 e. The molecule has 2 N–H and O–H groups in total. The molecule has 0 unspecified atom stereocenters. The molecule has 8 heteroatoms. The number of anilines is 1. The van der Waals surface area contributed by atoms with E-state index in [0.717, 1.165) is 6.07 Å². The number of benzene rings is 2. The Hall–Kier alpha value is -2.22. The van der Waals surface area contributed by atoms with Crippen molar-refractivity contribution in [3.63, 3.8) is 0 Å². The van der Waals surface area contributed by atoms with Gasteiger partial charge in [-0.25, -0.2) is 4.39 Å². The third-order valence-corrected chi connectivity index (χ3v) is 3.17. The zero-order valence-electron chi connectivity index (χ0n) is 10.5. The Labute approximate surface area is 126 Å². The number of hydrogen-bond acceptors (Lipinski definition) is 4. The number of nitrogens with two attached hydrogens (primary N) is 1. The van der Waals surface area contributed by atoms with Gasteiger partial charge in [-0.3, -0.25) is 10.1 Å². The first-order chi connectivity index (χ1) is 9.90. The first kappa shape index (κ1) is 15.2. The maximum Gasteiger partial charge on any atom is 0.292 e. The average molecular weight is 359 g/mol. The van der Waals surface area contributed by atoms with Crippen molar-refractivity contribution in [2.45, 2.75) is 6.61 Å². The molecular weight excluding hydrogens is 350 g/mol. The first-order valence-corrected chi connectivity index (χ1v) is 6.48. The van der Waals surface area contributed by atoms with Gasteiger partial charge in [-0.1, -0.05) is 28.1 Å². The molecule has 0 bridgehead atoms. The molecule has 2 aromatic rings. The Morgan fingerprint density at radius 1 is 1.33 bits per heavy atom. The Morgan fingerprint density at radius 3 is 2.71 bits per heavy atom. The standard InChI is InChI=1S/C13H9BrF2N2O3/c14-8-4-9(15)12(16)11(5-8)21-6-7-2-1-3-10(13(7)17)18(19)20/h1-5H,6,17H2. The molecule has 0 fully saturated rings. The normalized spacial score (nSPS) is 10.4. The van der Waals surface area contributed by atoms with E-state index >= 15 is 0 Å². The predicted octanol–water partition coefficient (Wildman–Crippen LogP) is 3.80. The third kappa shape index (κ3) is 3.27. The summed E-state index contributed by atoms with van der Waals surface area (Å²) in [5.41, 5.74) is 5.62. The second kappa shape index (κ2) is 6.04. The number of halogens is 3. The number of para-hydroxylation sites is 1. The smallest absolute Gasteiger partial charge is 0.292 e. The molecular formula is C13H9BrF2N2O3. The molecule has 0 radical (unpaired) electrons. The van der Waals surface area contributed by atoms with Crippen molar-refractivity contribution in [2.24, 2.45) is 0 Å². The van der Waals surface area contributed by atoms with Gasteiger partial charge in [0.1, 0.15) is 12.3 Å². The van der Waals surface area contributed by atoms with Crippen molar-refractivity contribution < 1.29 is 18.4 Å². The predicted molar refractivity (Wildman–Crippen MR) is 75.9 cm³/mol. The summed E-state index contributed by atoms with van der Waals surface area (Å²) in [7, 11) is 0. The summed E-state index contributed by atoms with van der Waals surface area (Å²) in [5, 5.41) is 10.8. The molecule has 0 heterocycles. The minimum Gasteiger partial charge on any atom is -0.486 e. The van der Waals surface area contributed by atoms with Gasteiger partial charge in [-0.15, -0.1) is 0 Å². The Bertz CT molecular complexity index is 710. The maximum atomic E-state index is 13.5. The van der Waals surface area contributed by atoms with E-state index in [1.165, 1.54) is 24.3 Å². The highest BCUT2D eigenvalue weighted by molar-refractivity contribution is 9.10. The van der Waals surface area contributed by atoms with Crippen molar-refractivity contribution in [2.75, 3.05) is 5.73 Å². The molecule has 0 aliphatic rings. The fourth-order valence-electron chi connectivity index (χ4n) is 1.68. The van der Waals surface area contributed by atoms with Gasteiger partial charge in [0, 0.05) is 16.1 Å². The highest BCUT2D eigenvalue weighted by Crippen LogP contribution is 2.29. The maximum absolute atomic E-state index is 13.5. The van der Waals surface area contributed by atoms with Crippen molar-refractivity contribution >= 4 is 27.3 Å². The Balaban J connectivity index is 2.25. The quantitative estimate of drug-likeness (QED) is 0.390. The van der Waals surface area contributed by atoms with E-state index in [1.54, 1.807) is 0 Å². The van der Waals surface area contributed by atoms with Crippen LogP contribution in [0, 0.1) is 21.7 Å². The number of ether oxygens (including phenoxy) is 1. The molecule has 2 rings (SSSR count). The summed E-state index contributed by atoms with van der Waals surface area (Å²) in [6.45, 7) is -0.222. The van der Waals surface area contributed by atoms with Crippen LogP contribution in [0.2, 0.25) is 0 Å². The number of rotatable bonds is 4. The number of nitro groups is 1. The van der Waals surface area contributed by atoms with Crippen LogP contribution in [0.5, 0.6) is 5.75 Å². The molecule has 0 amide bonds. The molecule has 5 nitrogen and oxygen atoms in total. The van der Waals surface area contributed by atoms with E-state index < -0.39 is 16.6 Å². The summed E-state index contributed by atoms with van der Waals surface area (Å²) in [4.78, 5) is 10.1. The lowest BCUT2D eigenvalue weighted by atomic mass is 10.1. The molecule has 2 aromatic carbocycles. The summed E-state index contributed by atoms with van der Waals surface area (Å²) in [5.74, 6) is -2.51. The molecule has 0 aliphatic carbocycles. The highest BCUT2D eigenvalue weighted by Gasteiger charge is 2.16. The number of nitrogens with zero attached hydrogens (tertiary/aromatic N) is 1. The van der Waals surface area contributed by atoms with Crippen molar-refractivity contribution in [3.8, 4) is 5.75 Å². The second-order valence-electron chi connectivity index (χ2n) is 4.10. The fourth-order valence-corrected chi connectivity index (χ4v) is 2.09. The van der Waals surface area contributed by atoms with Gasteiger partial charge in [0.15, 0.2) is 11.6 Å². The van der Waals surface area contributed by atoms with E-state index in [2.05, 4.69) is 15.9 Å². The fraction of sp³-hybridized carbons (Fsp3) is 0.0769. The van der Waals surface area contributed by atoms with E-state index in [9.17, 15) is 18.9 Å². The number of nitrogen functional groups attached to an aromatic ring is 1. The molecule has 0 saturated heterocycles. The van der Waals surface area contributed by atoms with Crippen LogP contribution in [0.3, 0.4) is 0 Å². The van der Waals surface area contributed by atoms with Gasteiger partial charge < -0.3 is 10.5 Å². The molecule has 0 aromatic heterocycles. The summed E-state index contributed by atoms with van der Waals surface area (Å²) < 4.78 is 32.2. The van der Waals surface area contributed by atoms with E-state index in [-0.39, 0.29) is 23.7 Å². The van der Waals surface area contributed by atoms with E-state index in [1.807, 2.05) is 0 Å². The second-order valence-corrected chi connectivity index (χ2v) is 5.01. The van der Waals surface area contributed by atoms with Crippen LogP contribution in [0.15, 0.2) is 34.8 Å². The van der Waals surface area contributed by atoms with Crippen molar-refractivity contribution in [1.82, 2.24) is 0 Å². The zero-order chi connectivity index (χ0) is 15.6. The van der Waals surface area contributed by atoms with Crippen LogP contribution in [-0.4, -0.2) is 4.92 Å². The van der Waals surface area contributed by atoms with Crippen LogP contribution in [-0.2, 0) is 6.61 Å². The van der Waals surface area contributed by atoms with Crippen molar-refractivity contribution in [3.05, 3.63) is 62.1 Å². The zero-order valence-corrected chi connectivity index (χ0v) is 12.1. The highest BCUT2D eigenvalue weighted by atomic mass is 79.9. The third-order valence-electron chi connectivity index (χ3n) is 2.71. The summed E-state index contributed by atoms with van der Waals surface area (Å²) in [6.07, 6.45) is 0. The molecule has 0 spiro atoms. The van der Waals surface area contributed by atoms with Crippen LogP contribution >= 0.6 is 15.9 Å². The van der Waals surface area contributed by atoms with Gasteiger partial charge >= 0.3 is 0 Å². The van der Waals surface area contributed by atoms with Crippen LogP contribution in [0.4, 0.5) is 20.2 Å². The summed E-state index contributed by atoms with van der Waals surface area (Å²) >= 11 is 3.02. The van der Waals surface area contributed by atoms with Gasteiger partial charge in [-0.2, -0.15) is 4.39 Å². The number of hydrogen-bond donors (Lipinski definition) is 1. The SMILES string of the molecule is Nc1c(COc2cc(Br)cc(F)c2F)cccc1[N+](=O)[O-]. The lowest BCUT2D eigenvalue weighted by Gasteiger charge is -2.10. The van der Waals surface area contributed by atoms with E-state index in [0.29, 0.717) is 10.0 Å².